The summed E-state index contributed by atoms with van der Waals surface area (Å²) in [6.45, 7) is 12.3. The van der Waals surface area contributed by atoms with E-state index >= 15 is 0 Å². The predicted octanol–water partition coefficient (Wildman–Crippen LogP) is 10.5. The van der Waals surface area contributed by atoms with Gasteiger partial charge in [0.15, 0.2) is 5.69 Å². The van der Waals surface area contributed by atoms with E-state index in [2.05, 4.69) is 113 Å². The highest BCUT2D eigenvalue weighted by atomic mass is 15.0. The van der Waals surface area contributed by atoms with Gasteiger partial charge in [0.2, 0.25) is 0 Å². The summed E-state index contributed by atoms with van der Waals surface area (Å²) in [6, 6.07) is 43.8. The fraction of sp³-hybridized carbons (Fsp3) is 0.0714. The summed E-state index contributed by atoms with van der Waals surface area (Å²) in [5.74, 6) is 0. The van der Waals surface area contributed by atoms with Crippen LogP contribution in [-0.2, 0) is 5.41 Å². The zero-order valence-corrected chi connectivity index (χ0v) is 25.7. The molecular weight excluding hydrogens is 574 g/mol. The average Bonchev–Trinajstić information content (AvgIpc) is 3.70. The van der Waals surface area contributed by atoms with Gasteiger partial charge in [-0.05, 0) is 95.1 Å². The molecule has 0 bridgehead atoms. The molecule has 0 spiro atoms. The number of fused-ring (bicyclic) bond motifs is 10. The molecule has 0 aliphatic heterocycles. The summed E-state index contributed by atoms with van der Waals surface area (Å²) in [5, 5.41) is 23.6. The van der Waals surface area contributed by atoms with E-state index in [1.165, 1.54) is 27.5 Å². The first-order valence-corrected chi connectivity index (χ1v) is 15.5. The largest absolute Gasteiger partial charge is 0.309 e. The average molecular weight is 600 g/mol. The Hall–Kier alpha value is -6.61. The minimum atomic E-state index is -0.185. The van der Waals surface area contributed by atoms with Crippen LogP contribution < -0.4 is 0 Å². The van der Waals surface area contributed by atoms with E-state index in [0.717, 1.165) is 49.8 Å². The van der Waals surface area contributed by atoms with E-state index in [1.807, 2.05) is 42.5 Å². The lowest BCUT2D eigenvalue weighted by molar-refractivity contribution is 0.661. The van der Waals surface area contributed by atoms with E-state index in [1.54, 1.807) is 0 Å². The van der Waals surface area contributed by atoms with Crippen LogP contribution in [0.4, 0.5) is 5.69 Å². The molecule has 2 aromatic heterocycles. The SMILES string of the molecule is [C-]#[N+]c1ccc2c(c1)-c1c(ccc3c1c1ccccc1n3-c1cccc(-n3c4ccc(C#N)cc4c4cc(C#N)ccc43)c1)C2(C)C. The van der Waals surface area contributed by atoms with E-state index in [0.29, 0.717) is 16.8 Å². The van der Waals surface area contributed by atoms with Gasteiger partial charge in [-0.2, -0.15) is 10.5 Å². The van der Waals surface area contributed by atoms with Crippen molar-refractivity contribution in [2.24, 2.45) is 0 Å². The van der Waals surface area contributed by atoms with Crippen LogP contribution in [0, 0.1) is 29.2 Å². The summed E-state index contributed by atoms with van der Waals surface area (Å²) in [5.41, 5.74) is 12.7. The third-order valence-electron chi connectivity index (χ3n) is 9.96. The quantitative estimate of drug-likeness (QED) is 0.186. The second-order valence-electron chi connectivity index (χ2n) is 12.7. The second kappa shape index (κ2) is 9.45. The lowest BCUT2D eigenvalue weighted by atomic mass is 9.82. The van der Waals surface area contributed by atoms with Crippen LogP contribution in [0.5, 0.6) is 0 Å². The predicted molar refractivity (Wildman–Crippen MR) is 188 cm³/mol. The van der Waals surface area contributed by atoms with Crippen LogP contribution >= 0.6 is 0 Å². The monoisotopic (exact) mass is 599 g/mol. The Labute approximate surface area is 271 Å². The number of hydrogen-bond acceptors (Lipinski definition) is 2. The maximum absolute atomic E-state index is 9.65. The number of nitriles is 2. The molecule has 2 heterocycles. The van der Waals surface area contributed by atoms with Crippen molar-refractivity contribution in [1.82, 2.24) is 9.13 Å². The molecule has 47 heavy (non-hydrogen) atoms. The van der Waals surface area contributed by atoms with Crippen molar-refractivity contribution in [3.8, 4) is 34.6 Å². The Balaban J connectivity index is 1.34. The number of para-hydroxylation sites is 1. The molecule has 0 N–H and O–H groups in total. The first kappa shape index (κ1) is 26.8. The van der Waals surface area contributed by atoms with Gasteiger partial charge in [-0.25, -0.2) is 4.85 Å². The molecule has 0 saturated carbocycles. The van der Waals surface area contributed by atoms with Gasteiger partial charge < -0.3 is 9.13 Å². The molecule has 0 fully saturated rings. The van der Waals surface area contributed by atoms with Crippen molar-refractivity contribution in [2.75, 3.05) is 0 Å². The van der Waals surface area contributed by atoms with Gasteiger partial charge in [-0.3, -0.25) is 0 Å². The minimum absolute atomic E-state index is 0.185. The van der Waals surface area contributed by atoms with Crippen LogP contribution in [0.2, 0.25) is 0 Å². The van der Waals surface area contributed by atoms with Gasteiger partial charge in [0, 0.05) is 38.3 Å². The summed E-state index contributed by atoms with van der Waals surface area (Å²) in [6.07, 6.45) is 0. The highest BCUT2D eigenvalue weighted by Gasteiger charge is 2.37. The zero-order valence-electron chi connectivity index (χ0n) is 25.7. The fourth-order valence-electron chi connectivity index (χ4n) is 7.85. The van der Waals surface area contributed by atoms with Crippen molar-refractivity contribution in [2.45, 2.75) is 19.3 Å². The number of hydrogen-bond donors (Lipinski definition) is 0. The Morgan fingerprint density at radius 1 is 0.596 bits per heavy atom. The van der Waals surface area contributed by atoms with Crippen LogP contribution in [0.3, 0.4) is 0 Å². The molecule has 0 radical (unpaired) electrons. The Morgan fingerprint density at radius 3 is 1.85 bits per heavy atom. The van der Waals surface area contributed by atoms with Gasteiger partial charge in [0.25, 0.3) is 0 Å². The lowest BCUT2D eigenvalue weighted by Crippen LogP contribution is -2.14. The van der Waals surface area contributed by atoms with Crippen molar-refractivity contribution < 1.29 is 0 Å². The standard InChI is InChI=1S/C42H25N5/c1-42(2)34-14-13-27(45-3)21-33(34)40-35(42)15-18-39-41(40)30-9-4-5-10-36(30)47(39)29-8-6-7-28(22-29)46-37-16-11-25(23-43)19-31(37)32-20-26(24-44)12-17-38(32)46/h4-22H,1-2H3. The van der Waals surface area contributed by atoms with E-state index in [4.69, 9.17) is 6.57 Å². The Morgan fingerprint density at radius 2 is 1.19 bits per heavy atom. The summed E-state index contributed by atoms with van der Waals surface area (Å²) in [4.78, 5) is 3.77. The third-order valence-corrected chi connectivity index (χ3v) is 9.96. The van der Waals surface area contributed by atoms with Gasteiger partial charge in [0.1, 0.15) is 0 Å². The molecule has 218 valence electrons. The lowest BCUT2D eigenvalue weighted by Gasteiger charge is -2.21. The van der Waals surface area contributed by atoms with Crippen molar-refractivity contribution in [3.05, 3.63) is 149 Å². The van der Waals surface area contributed by atoms with Gasteiger partial charge >= 0.3 is 0 Å². The van der Waals surface area contributed by atoms with Crippen molar-refractivity contribution in [1.29, 1.82) is 10.5 Å². The highest BCUT2D eigenvalue weighted by Crippen LogP contribution is 2.54. The molecule has 0 saturated heterocycles. The summed E-state index contributed by atoms with van der Waals surface area (Å²) < 4.78 is 4.56. The molecule has 1 aliphatic rings. The van der Waals surface area contributed by atoms with Crippen LogP contribution in [0.1, 0.15) is 36.1 Å². The topological polar surface area (TPSA) is 61.8 Å². The summed E-state index contributed by atoms with van der Waals surface area (Å²) >= 11 is 0. The van der Waals surface area contributed by atoms with Crippen molar-refractivity contribution in [3.63, 3.8) is 0 Å². The molecule has 0 atom stereocenters. The van der Waals surface area contributed by atoms with Crippen LogP contribution in [0.25, 0.3) is 71.0 Å². The number of rotatable bonds is 2. The maximum atomic E-state index is 9.65. The Kier molecular flexibility index (Phi) is 5.38. The number of nitrogens with zero attached hydrogens (tertiary/aromatic N) is 5. The highest BCUT2D eigenvalue weighted by molar-refractivity contribution is 6.18. The van der Waals surface area contributed by atoms with E-state index < -0.39 is 0 Å². The first-order valence-electron chi connectivity index (χ1n) is 15.5. The first-order chi connectivity index (χ1) is 22.9. The van der Waals surface area contributed by atoms with Crippen LogP contribution in [-0.4, -0.2) is 9.13 Å². The van der Waals surface area contributed by atoms with Gasteiger partial charge in [-0.15, -0.1) is 0 Å². The third kappa shape index (κ3) is 3.56. The minimum Gasteiger partial charge on any atom is -0.309 e. The second-order valence-corrected chi connectivity index (χ2v) is 12.7. The molecule has 0 unspecified atom stereocenters. The van der Waals surface area contributed by atoms with E-state index in [9.17, 15) is 10.5 Å². The normalized spacial score (nSPS) is 13.0. The molecule has 9 rings (SSSR count). The Bertz CT molecular complexity index is 2730. The summed E-state index contributed by atoms with van der Waals surface area (Å²) in [7, 11) is 0. The molecule has 8 aromatic rings. The van der Waals surface area contributed by atoms with Crippen LogP contribution in [0.15, 0.2) is 115 Å². The smallest absolute Gasteiger partial charge is 0.187 e. The molecule has 5 heteroatoms. The fourth-order valence-corrected chi connectivity index (χ4v) is 7.85. The van der Waals surface area contributed by atoms with Gasteiger partial charge in [0.05, 0.1) is 51.9 Å². The molecule has 1 aliphatic carbocycles. The van der Waals surface area contributed by atoms with Gasteiger partial charge in [-0.1, -0.05) is 56.3 Å². The number of aromatic nitrogens is 2. The van der Waals surface area contributed by atoms with Crippen molar-refractivity contribution >= 4 is 49.3 Å². The molecule has 5 nitrogen and oxygen atoms in total. The zero-order chi connectivity index (χ0) is 32.0. The molecular formula is C42H25N5. The molecule has 6 aromatic carbocycles. The molecule has 0 amide bonds. The van der Waals surface area contributed by atoms with E-state index in [-0.39, 0.29) is 5.41 Å². The maximum Gasteiger partial charge on any atom is 0.187 e. The number of benzene rings is 6.